The Kier molecular flexibility index (Phi) is 9.03. The van der Waals surface area contributed by atoms with E-state index in [1.165, 1.54) is 75.5 Å². The molecule has 1 unspecified atom stereocenters. The molecule has 0 aromatic heterocycles. The standard InChI is InChI=1S/C31H42F2O/c1-3-34-31-29(32)20-28(21-30(31)33)27-17-15-24(16-18-27)10-9-23-11-13-25(14-12-23)19-22(2)26-7-5-4-6-8-26/h4-8,20-25,27H,3,9-19H2,1-2H3. The van der Waals surface area contributed by atoms with Crippen LogP contribution in [0.15, 0.2) is 42.5 Å². The van der Waals surface area contributed by atoms with Crippen LogP contribution in [-0.2, 0) is 0 Å². The molecule has 0 amide bonds. The quantitative estimate of drug-likeness (QED) is 0.356. The number of hydrogen-bond acceptors (Lipinski definition) is 1. The normalized spacial score (nSPS) is 26.2. The van der Waals surface area contributed by atoms with Crippen molar-refractivity contribution in [2.24, 2.45) is 17.8 Å². The van der Waals surface area contributed by atoms with Crippen LogP contribution in [0, 0.1) is 29.4 Å². The van der Waals surface area contributed by atoms with E-state index in [4.69, 9.17) is 4.74 Å². The van der Waals surface area contributed by atoms with E-state index < -0.39 is 11.6 Å². The Hall–Kier alpha value is -1.90. The van der Waals surface area contributed by atoms with E-state index in [-0.39, 0.29) is 18.3 Å². The maximum Gasteiger partial charge on any atom is 0.190 e. The predicted molar refractivity (Wildman–Crippen MR) is 136 cm³/mol. The van der Waals surface area contributed by atoms with E-state index >= 15 is 0 Å². The fraction of sp³-hybridized carbons (Fsp3) is 0.613. The summed E-state index contributed by atoms with van der Waals surface area (Å²) in [5, 5.41) is 0. The van der Waals surface area contributed by atoms with Crippen molar-refractivity contribution in [3.8, 4) is 5.75 Å². The number of rotatable bonds is 9. The summed E-state index contributed by atoms with van der Waals surface area (Å²) in [4.78, 5) is 0. The molecule has 2 aliphatic rings. The highest BCUT2D eigenvalue weighted by molar-refractivity contribution is 5.33. The SMILES string of the molecule is CCOc1c(F)cc(C2CCC(CCC3CCC(CC(C)c4ccccc4)CC3)CC2)cc1F. The first-order valence-corrected chi connectivity index (χ1v) is 13.7. The molecule has 1 atom stereocenters. The topological polar surface area (TPSA) is 9.23 Å². The summed E-state index contributed by atoms with van der Waals surface area (Å²) in [6.45, 7) is 4.40. The summed E-state index contributed by atoms with van der Waals surface area (Å²) < 4.78 is 33.7. The zero-order valence-electron chi connectivity index (χ0n) is 21.1. The van der Waals surface area contributed by atoms with Gasteiger partial charge in [-0.3, -0.25) is 0 Å². The van der Waals surface area contributed by atoms with E-state index in [0.29, 0.717) is 5.92 Å². The van der Waals surface area contributed by atoms with Gasteiger partial charge in [-0.15, -0.1) is 0 Å². The van der Waals surface area contributed by atoms with Gasteiger partial charge in [0, 0.05) is 0 Å². The largest absolute Gasteiger partial charge is 0.488 e. The van der Waals surface area contributed by atoms with Crippen LogP contribution in [-0.4, -0.2) is 6.61 Å². The average molecular weight is 469 g/mol. The van der Waals surface area contributed by atoms with Gasteiger partial charge in [-0.05, 0) is 91.9 Å². The van der Waals surface area contributed by atoms with Gasteiger partial charge in [0.15, 0.2) is 17.4 Å². The second kappa shape index (κ2) is 12.2. The average Bonchev–Trinajstić information content (AvgIpc) is 2.86. The molecule has 2 aliphatic carbocycles. The Bertz CT molecular complexity index is 857. The highest BCUT2D eigenvalue weighted by Gasteiger charge is 2.27. The third-order valence-electron chi connectivity index (χ3n) is 8.63. The Morgan fingerprint density at radius 3 is 1.88 bits per heavy atom. The highest BCUT2D eigenvalue weighted by atomic mass is 19.1. The lowest BCUT2D eigenvalue weighted by Gasteiger charge is -2.33. The highest BCUT2D eigenvalue weighted by Crippen LogP contribution is 2.42. The van der Waals surface area contributed by atoms with Crippen LogP contribution < -0.4 is 4.74 Å². The molecule has 2 fully saturated rings. The van der Waals surface area contributed by atoms with Gasteiger partial charge in [-0.2, -0.15) is 0 Å². The zero-order chi connectivity index (χ0) is 23.9. The van der Waals surface area contributed by atoms with Gasteiger partial charge in [0.1, 0.15) is 0 Å². The van der Waals surface area contributed by atoms with Crippen molar-refractivity contribution in [1.82, 2.24) is 0 Å². The van der Waals surface area contributed by atoms with Crippen LogP contribution in [0.4, 0.5) is 8.78 Å². The molecule has 0 radical (unpaired) electrons. The molecule has 1 nitrogen and oxygen atoms in total. The summed E-state index contributed by atoms with van der Waals surface area (Å²) >= 11 is 0. The lowest BCUT2D eigenvalue weighted by Crippen LogP contribution is -2.18. The van der Waals surface area contributed by atoms with Gasteiger partial charge in [0.25, 0.3) is 0 Å². The minimum absolute atomic E-state index is 0.232. The molecule has 0 bridgehead atoms. The van der Waals surface area contributed by atoms with E-state index in [0.717, 1.165) is 36.2 Å². The molecular formula is C31H42F2O. The molecule has 4 rings (SSSR count). The summed E-state index contributed by atoms with van der Waals surface area (Å²) in [7, 11) is 0. The minimum Gasteiger partial charge on any atom is -0.488 e. The van der Waals surface area contributed by atoms with Crippen molar-refractivity contribution < 1.29 is 13.5 Å². The molecule has 0 spiro atoms. The molecule has 0 heterocycles. The first-order valence-electron chi connectivity index (χ1n) is 13.7. The maximum atomic E-state index is 14.3. The number of hydrogen-bond donors (Lipinski definition) is 0. The first-order chi connectivity index (χ1) is 16.5. The second-order valence-electron chi connectivity index (χ2n) is 11.0. The summed E-state index contributed by atoms with van der Waals surface area (Å²) in [6.07, 6.45) is 14.1. The number of halogens is 2. The predicted octanol–water partition coefficient (Wildman–Crippen LogP) is 9.42. The van der Waals surface area contributed by atoms with Crippen LogP contribution in [0.3, 0.4) is 0 Å². The fourth-order valence-electron chi connectivity index (χ4n) is 6.53. The van der Waals surface area contributed by atoms with Crippen LogP contribution in [0.1, 0.15) is 107 Å². The van der Waals surface area contributed by atoms with Gasteiger partial charge in [-0.1, -0.05) is 75.8 Å². The maximum absolute atomic E-state index is 14.3. The van der Waals surface area contributed by atoms with Crippen molar-refractivity contribution in [3.63, 3.8) is 0 Å². The van der Waals surface area contributed by atoms with Crippen molar-refractivity contribution >= 4 is 0 Å². The Morgan fingerprint density at radius 1 is 0.794 bits per heavy atom. The third kappa shape index (κ3) is 6.61. The lowest BCUT2D eigenvalue weighted by molar-refractivity contribution is 0.220. The van der Waals surface area contributed by atoms with E-state index in [1.807, 2.05) is 0 Å². The van der Waals surface area contributed by atoms with Crippen molar-refractivity contribution in [2.45, 2.75) is 96.3 Å². The van der Waals surface area contributed by atoms with Crippen LogP contribution in [0.5, 0.6) is 5.75 Å². The second-order valence-corrected chi connectivity index (χ2v) is 11.0. The van der Waals surface area contributed by atoms with Gasteiger partial charge < -0.3 is 4.74 Å². The zero-order valence-corrected chi connectivity index (χ0v) is 21.1. The molecule has 2 saturated carbocycles. The van der Waals surface area contributed by atoms with Crippen LogP contribution >= 0.6 is 0 Å². The molecule has 2 aromatic carbocycles. The van der Waals surface area contributed by atoms with Crippen molar-refractivity contribution in [2.75, 3.05) is 6.61 Å². The Balaban J connectivity index is 1.16. The van der Waals surface area contributed by atoms with E-state index in [9.17, 15) is 8.78 Å². The van der Waals surface area contributed by atoms with Gasteiger partial charge in [0.2, 0.25) is 0 Å². The molecule has 186 valence electrons. The van der Waals surface area contributed by atoms with Crippen LogP contribution in [0.2, 0.25) is 0 Å². The molecular weight excluding hydrogens is 426 g/mol. The lowest BCUT2D eigenvalue weighted by atomic mass is 9.73. The third-order valence-corrected chi connectivity index (χ3v) is 8.63. The minimum atomic E-state index is -0.562. The summed E-state index contributed by atoms with van der Waals surface area (Å²) in [6, 6.07) is 14.0. The van der Waals surface area contributed by atoms with Gasteiger partial charge in [0.05, 0.1) is 6.61 Å². The van der Waals surface area contributed by atoms with Gasteiger partial charge >= 0.3 is 0 Å². The van der Waals surface area contributed by atoms with E-state index in [1.54, 1.807) is 6.92 Å². The van der Waals surface area contributed by atoms with Gasteiger partial charge in [-0.25, -0.2) is 8.78 Å². The number of ether oxygens (including phenoxy) is 1. The first kappa shape index (κ1) is 25.2. The molecule has 0 aliphatic heterocycles. The Morgan fingerprint density at radius 2 is 1.32 bits per heavy atom. The summed E-state index contributed by atoms with van der Waals surface area (Å²) in [5.74, 6) is 2.15. The van der Waals surface area contributed by atoms with Crippen molar-refractivity contribution in [1.29, 1.82) is 0 Å². The smallest absolute Gasteiger partial charge is 0.190 e. The molecule has 34 heavy (non-hydrogen) atoms. The monoisotopic (exact) mass is 468 g/mol. The Labute approximate surface area is 205 Å². The van der Waals surface area contributed by atoms with Crippen molar-refractivity contribution in [3.05, 3.63) is 65.2 Å². The van der Waals surface area contributed by atoms with Crippen LogP contribution in [0.25, 0.3) is 0 Å². The number of benzene rings is 2. The molecule has 3 heteroatoms. The molecule has 0 N–H and O–H groups in total. The van der Waals surface area contributed by atoms with E-state index in [2.05, 4.69) is 37.3 Å². The summed E-state index contributed by atoms with van der Waals surface area (Å²) in [5.41, 5.74) is 2.29. The molecule has 2 aromatic rings. The molecule has 0 saturated heterocycles. The fourth-order valence-corrected chi connectivity index (χ4v) is 6.53.